The number of carbonyl (C=O) groups excluding carboxylic acids is 2. The summed E-state index contributed by atoms with van der Waals surface area (Å²) in [5, 5.41) is 2.67. The molecule has 2 rings (SSSR count). The van der Waals surface area contributed by atoms with E-state index >= 15 is 0 Å². The number of benzene rings is 1. The number of nitrogens with one attached hydrogen (secondary N) is 1. The zero-order valence-corrected chi connectivity index (χ0v) is 11.0. The lowest BCUT2D eigenvalue weighted by Crippen LogP contribution is -2.17. The van der Waals surface area contributed by atoms with Crippen LogP contribution in [0.4, 0.5) is 5.69 Å². The van der Waals surface area contributed by atoms with E-state index in [1.165, 1.54) is 25.6 Å². The molecule has 0 radical (unpaired) electrons. The molecule has 0 spiro atoms. The summed E-state index contributed by atoms with van der Waals surface area (Å²) < 4.78 is 4.66. The van der Waals surface area contributed by atoms with Gasteiger partial charge in [0.15, 0.2) is 0 Å². The Bertz CT molecular complexity index is 612. The fourth-order valence-electron chi connectivity index (χ4n) is 1.76. The van der Waals surface area contributed by atoms with Crippen LogP contribution in [0.15, 0.2) is 48.8 Å². The molecule has 102 valence electrons. The summed E-state index contributed by atoms with van der Waals surface area (Å²) in [6.45, 7) is 0. The minimum Gasteiger partial charge on any atom is -0.465 e. The zero-order valence-electron chi connectivity index (χ0n) is 11.0. The predicted molar refractivity (Wildman–Crippen MR) is 74.4 cm³/mol. The van der Waals surface area contributed by atoms with E-state index in [4.69, 9.17) is 0 Å². The van der Waals surface area contributed by atoms with Crippen molar-refractivity contribution in [1.29, 1.82) is 0 Å². The van der Waals surface area contributed by atoms with Crippen LogP contribution in [0.3, 0.4) is 0 Å². The molecule has 1 aromatic heterocycles. The molecule has 5 heteroatoms. The highest BCUT2D eigenvalue weighted by Crippen LogP contribution is 2.15. The van der Waals surface area contributed by atoms with Crippen molar-refractivity contribution in [2.45, 2.75) is 6.42 Å². The van der Waals surface area contributed by atoms with E-state index in [9.17, 15) is 9.59 Å². The van der Waals surface area contributed by atoms with Gasteiger partial charge in [0.2, 0.25) is 5.91 Å². The van der Waals surface area contributed by atoms with Gasteiger partial charge < -0.3 is 10.1 Å². The minimum atomic E-state index is -0.512. The van der Waals surface area contributed by atoms with Crippen LogP contribution in [-0.4, -0.2) is 24.0 Å². The monoisotopic (exact) mass is 270 g/mol. The average Bonchev–Trinajstić information content (AvgIpc) is 2.48. The number of nitrogens with zero attached hydrogens (tertiary/aromatic N) is 1. The molecule has 0 saturated carbocycles. The first-order valence-electron chi connectivity index (χ1n) is 6.07. The van der Waals surface area contributed by atoms with Gasteiger partial charge in [-0.3, -0.25) is 9.78 Å². The van der Waals surface area contributed by atoms with Gasteiger partial charge in [0, 0.05) is 6.20 Å². The number of carbonyl (C=O) groups is 2. The number of esters is 1. The maximum atomic E-state index is 12.0. The van der Waals surface area contributed by atoms with Crippen LogP contribution in [0, 0.1) is 0 Å². The Morgan fingerprint density at radius 2 is 1.95 bits per heavy atom. The van der Waals surface area contributed by atoms with Crippen molar-refractivity contribution >= 4 is 17.6 Å². The van der Waals surface area contributed by atoms with E-state index in [2.05, 4.69) is 15.0 Å². The molecule has 0 aliphatic heterocycles. The second-order valence-electron chi connectivity index (χ2n) is 4.12. The number of pyridine rings is 1. The predicted octanol–water partition coefficient (Wildman–Crippen LogP) is 2.05. The molecule has 0 fully saturated rings. The van der Waals surface area contributed by atoms with E-state index in [0.29, 0.717) is 5.69 Å². The Morgan fingerprint density at radius 3 is 2.65 bits per heavy atom. The Labute approximate surface area is 116 Å². The first kappa shape index (κ1) is 13.7. The molecule has 20 heavy (non-hydrogen) atoms. The van der Waals surface area contributed by atoms with Gasteiger partial charge in [-0.15, -0.1) is 0 Å². The molecule has 5 nitrogen and oxygen atoms in total. The summed E-state index contributed by atoms with van der Waals surface area (Å²) in [6, 6.07) is 10.9. The minimum absolute atomic E-state index is 0.214. The summed E-state index contributed by atoms with van der Waals surface area (Å²) in [6.07, 6.45) is 3.13. The van der Waals surface area contributed by atoms with Gasteiger partial charge in [-0.25, -0.2) is 4.79 Å². The fourth-order valence-corrected chi connectivity index (χ4v) is 1.76. The largest absolute Gasteiger partial charge is 0.465 e. The van der Waals surface area contributed by atoms with E-state index in [1.54, 1.807) is 0 Å². The first-order chi connectivity index (χ1) is 9.70. The lowest BCUT2D eigenvalue weighted by atomic mass is 10.1. The van der Waals surface area contributed by atoms with Gasteiger partial charge in [-0.05, 0) is 11.6 Å². The van der Waals surface area contributed by atoms with Gasteiger partial charge >= 0.3 is 5.97 Å². The number of aromatic nitrogens is 1. The smallest absolute Gasteiger partial charge is 0.340 e. The Balaban J connectivity index is 2.10. The van der Waals surface area contributed by atoms with Crippen molar-refractivity contribution in [2.24, 2.45) is 0 Å². The van der Waals surface area contributed by atoms with Crippen molar-refractivity contribution in [3.8, 4) is 0 Å². The number of hydrogen-bond acceptors (Lipinski definition) is 4. The van der Waals surface area contributed by atoms with Crippen LogP contribution in [0.1, 0.15) is 15.9 Å². The van der Waals surface area contributed by atoms with Gasteiger partial charge in [0.05, 0.1) is 31.0 Å². The second kappa shape index (κ2) is 6.47. The third-order valence-electron chi connectivity index (χ3n) is 2.71. The van der Waals surface area contributed by atoms with E-state index in [0.717, 1.165) is 5.56 Å². The third kappa shape index (κ3) is 3.41. The number of anilines is 1. The van der Waals surface area contributed by atoms with Crippen LogP contribution < -0.4 is 5.32 Å². The Kier molecular flexibility index (Phi) is 4.44. The summed E-state index contributed by atoms with van der Waals surface area (Å²) in [5.74, 6) is -0.725. The van der Waals surface area contributed by atoms with Crippen molar-refractivity contribution in [3.63, 3.8) is 0 Å². The number of methoxy groups -OCH3 is 1. The molecule has 1 amide bonds. The van der Waals surface area contributed by atoms with Crippen molar-refractivity contribution in [1.82, 2.24) is 4.98 Å². The van der Waals surface area contributed by atoms with Gasteiger partial charge in [-0.2, -0.15) is 0 Å². The SMILES string of the molecule is COC(=O)c1ccncc1NC(=O)Cc1ccccc1. The number of rotatable bonds is 4. The maximum absolute atomic E-state index is 12.0. The first-order valence-corrected chi connectivity index (χ1v) is 6.07. The second-order valence-corrected chi connectivity index (χ2v) is 4.12. The van der Waals surface area contributed by atoms with Crippen LogP contribution in [0.2, 0.25) is 0 Å². The molecule has 1 N–H and O–H groups in total. The van der Waals surface area contributed by atoms with E-state index in [-0.39, 0.29) is 17.9 Å². The highest BCUT2D eigenvalue weighted by molar-refractivity contribution is 6.01. The number of ether oxygens (including phenoxy) is 1. The van der Waals surface area contributed by atoms with Crippen LogP contribution in [0.5, 0.6) is 0 Å². The van der Waals surface area contributed by atoms with Crippen LogP contribution >= 0.6 is 0 Å². The Hall–Kier alpha value is -2.69. The van der Waals surface area contributed by atoms with Crippen LogP contribution in [0.25, 0.3) is 0 Å². The van der Waals surface area contributed by atoms with Crippen molar-refractivity contribution in [3.05, 3.63) is 59.9 Å². The highest BCUT2D eigenvalue weighted by Gasteiger charge is 2.13. The van der Waals surface area contributed by atoms with E-state index in [1.807, 2.05) is 30.3 Å². The summed E-state index contributed by atoms with van der Waals surface area (Å²) >= 11 is 0. The van der Waals surface area contributed by atoms with E-state index < -0.39 is 5.97 Å². The van der Waals surface area contributed by atoms with Gasteiger partial charge in [0.1, 0.15) is 0 Å². The molecule has 0 unspecified atom stereocenters. The number of amides is 1. The lowest BCUT2D eigenvalue weighted by Gasteiger charge is -2.09. The van der Waals surface area contributed by atoms with Crippen LogP contribution in [-0.2, 0) is 16.0 Å². The molecule has 0 aliphatic carbocycles. The molecule has 0 bridgehead atoms. The third-order valence-corrected chi connectivity index (χ3v) is 2.71. The zero-order chi connectivity index (χ0) is 14.4. The Morgan fingerprint density at radius 1 is 1.20 bits per heavy atom. The van der Waals surface area contributed by atoms with Crippen molar-refractivity contribution in [2.75, 3.05) is 12.4 Å². The summed E-state index contributed by atoms with van der Waals surface area (Å²) in [4.78, 5) is 27.4. The molecular formula is C15H14N2O3. The number of hydrogen-bond donors (Lipinski definition) is 1. The molecule has 1 heterocycles. The normalized spacial score (nSPS) is 9.85. The highest BCUT2D eigenvalue weighted by atomic mass is 16.5. The maximum Gasteiger partial charge on any atom is 0.340 e. The molecule has 0 atom stereocenters. The fraction of sp³-hybridized carbons (Fsp3) is 0.133. The summed E-state index contributed by atoms with van der Waals surface area (Å²) in [7, 11) is 1.29. The quantitative estimate of drug-likeness (QED) is 0.863. The standard InChI is InChI=1S/C15H14N2O3/c1-20-15(19)12-7-8-16-10-13(12)17-14(18)9-11-5-3-2-4-6-11/h2-8,10H,9H2,1H3,(H,17,18). The molecular weight excluding hydrogens is 256 g/mol. The van der Waals surface area contributed by atoms with Gasteiger partial charge in [0.25, 0.3) is 0 Å². The molecule has 1 aromatic carbocycles. The summed E-state index contributed by atoms with van der Waals surface area (Å²) in [5.41, 5.74) is 1.53. The topological polar surface area (TPSA) is 68.3 Å². The average molecular weight is 270 g/mol. The molecule has 0 saturated heterocycles. The van der Waals surface area contributed by atoms with Gasteiger partial charge in [-0.1, -0.05) is 30.3 Å². The lowest BCUT2D eigenvalue weighted by molar-refractivity contribution is -0.115. The molecule has 0 aliphatic rings. The molecule has 2 aromatic rings. The van der Waals surface area contributed by atoms with Crippen molar-refractivity contribution < 1.29 is 14.3 Å².